The predicted octanol–water partition coefficient (Wildman–Crippen LogP) is 5.95. The van der Waals surface area contributed by atoms with E-state index in [0.717, 1.165) is 45.5 Å². The maximum absolute atomic E-state index is 13.4. The van der Waals surface area contributed by atoms with E-state index in [2.05, 4.69) is 21.9 Å². The van der Waals surface area contributed by atoms with Gasteiger partial charge in [0, 0.05) is 43.2 Å². The second kappa shape index (κ2) is 16.1. The van der Waals surface area contributed by atoms with E-state index in [0.29, 0.717) is 49.5 Å². The summed E-state index contributed by atoms with van der Waals surface area (Å²) in [5, 5.41) is 21.1. The van der Waals surface area contributed by atoms with Crippen LogP contribution in [0.5, 0.6) is 11.5 Å². The van der Waals surface area contributed by atoms with Gasteiger partial charge in [0.25, 0.3) is 0 Å². The Kier molecular flexibility index (Phi) is 11.9. The minimum Gasteiger partial charge on any atom is -0.508 e. The van der Waals surface area contributed by atoms with E-state index < -0.39 is 24.9 Å². The Hall–Kier alpha value is -5.11. The highest BCUT2D eigenvalue weighted by Gasteiger charge is 2.38. The normalized spacial score (nSPS) is 18.2. The van der Waals surface area contributed by atoms with Gasteiger partial charge in [-0.2, -0.15) is 0 Å². The largest absolute Gasteiger partial charge is 0.508 e. The van der Waals surface area contributed by atoms with Crippen LogP contribution < -0.4 is 5.32 Å². The van der Waals surface area contributed by atoms with Gasteiger partial charge in [0.05, 0.1) is 33.4 Å². The molecular weight excluding hydrogens is 725 g/mol. The summed E-state index contributed by atoms with van der Waals surface area (Å²) in [5.41, 5.74) is 6.46. The third kappa shape index (κ3) is 7.75. The minimum atomic E-state index is -3.65. The van der Waals surface area contributed by atoms with Crippen LogP contribution in [-0.2, 0) is 37.6 Å². The van der Waals surface area contributed by atoms with Gasteiger partial charge in [-0.1, -0.05) is 45.7 Å². The Morgan fingerprint density at radius 1 is 0.722 bits per heavy atom. The molecule has 4 aromatic carbocycles. The highest BCUT2D eigenvalue weighted by molar-refractivity contribution is 7.92. The maximum atomic E-state index is 13.4. The summed E-state index contributed by atoms with van der Waals surface area (Å²) in [6, 6.07) is 20.8. The monoisotopic (exact) mass is 770 g/mol. The lowest BCUT2D eigenvalue weighted by atomic mass is 10.0. The summed E-state index contributed by atoms with van der Waals surface area (Å²) in [4.78, 5) is 22.5. The number of hydrogen-bond donors (Lipinski definition) is 3. The van der Waals surface area contributed by atoms with E-state index in [1.807, 2.05) is 12.1 Å². The molecule has 0 unspecified atom stereocenters. The lowest BCUT2D eigenvalue weighted by Gasteiger charge is -2.17. The Bertz CT molecular complexity index is 2330. The molecule has 2 fully saturated rings. The predicted molar refractivity (Wildman–Crippen MR) is 214 cm³/mol. The number of rotatable bonds is 7. The SMILES string of the molecule is C.C.C=CC(=O)N1CC[C@H](S(=O)(=O)c2cc(-c3ccc(O)cc3)cc3c2C=NC3)C1.O=S(=O)(c1cc(-c2ccc(O)cc2)cc2c1C=NC2)[C@H]1CCNC1. The standard InChI is InChI=1S/C21H20N2O4S.C18H18N2O3S.2CH4/c1-2-21(25)23-8-7-18(13-23)28(26,27)20-10-15(9-16-11-22-12-19(16)20)14-3-5-17(24)6-4-14;21-15-3-1-12(2-4-15)13-7-14-9-20-11-17(14)18(8-13)24(22,23)16-5-6-19-10-16;;/h2-6,9-10,12,18,24H,1,7-8,11,13H2;1-4,7-8,11,16,19,21H,5-6,9-10H2;2*1H4/t18-;16-;;/m00../s1. The van der Waals surface area contributed by atoms with E-state index in [-0.39, 0.29) is 48.9 Å². The number of carbonyl (C=O) groups excluding carboxylic acids is 1. The van der Waals surface area contributed by atoms with Gasteiger partial charge in [0.1, 0.15) is 11.5 Å². The Morgan fingerprint density at radius 3 is 1.65 bits per heavy atom. The van der Waals surface area contributed by atoms with E-state index in [1.165, 1.54) is 11.0 Å². The summed E-state index contributed by atoms with van der Waals surface area (Å²) in [6.07, 6.45) is 5.54. The van der Waals surface area contributed by atoms with Crippen molar-refractivity contribution in [3.8, 4) is 33.8 Å². The van der Waals surface area contributed by atoms with Crippen LogP contribution in [-0.4, -0.2) is 87.0 Å². The fourth-order valence-corrected chi connectivity index (χ4v) is 10.9. The van der Waals surface area contributed by atoms with Gasteiger partial charge in [0.15, 0.2) is 19.7 Å². The molecule has 2 atom stereocenters. The van der Waals surface area contributed by atoms with Gasteiger partial charge in [-0.3, -0.25) is 14.8 Å². The molecule has 0 bridgehead atoms. The van der Waals surface area contributed by atoms with E-state index in [1.54, 1.807) is 73.1 Å². The molecule has 0 spiro atoms. The summed E-state index contributed by atoms with van der Waals surface area (Å²) in [7, 11) is -7.05. The number of nitrogens with zero attached hydrogens (tertiary/aromatic N) is 3. The molecule has 4 aliphatic rings. The van der Waals surface area contributed by atoms with Crippen molar-refractivity contribution in [3.63, 3.8) is 0 Å². The number of fused-ring (bicyclic) bond motifs is 2. The fourth-order valence-electron chi connectivity index (χ4n) is 7.07. The van der Waals surface area contributed by atoms with Crippen molar-refractivity contribution in [2.75, 3.05) is 26.2 Å². The fraction of sp³-hybridized carbons (Fsp3) is 0.293. The number of phenolic OH excluding ortho intramolecular Hbond substituents is 2. The summed E-state index contributed by atoms with van der Waals surface area (Å²) in [6.45, 7) is 6.23. The van der Waals surface area contributed by atoms with Crippen LogP contribution >= 0.6 is 0 Å². The lowest BCUT2D eigenvalue weighted by molar-refractivity contribution is -0.124. The molecule has 4 heterocycles. The number of hydrogen-bond acceptors (Lipinski definition) is 10. The molecule has 54 heavy (non-hydrogen) atoms. The molecule has 284 valence electrons. The first kappa shape index (κ1) is 40.1. The van der Waals surface area contributed by atoms with Crippen molar-refractivity contribution in [3.05, 3.63) is 108 Å². The van der Waals surface area contributed by atoms with Gasteiger partial charge in [0.2, 0.25) is 5.91 Å². The third-order valence-corrected chi connectivity index (χ3v) is 14.4. The van der Waals surface area contributed by atoms with Crippen molar-refractivity contribution in [2.45, 2.75) is 61.1 Å². The van der Waals surface area contributed by atoms with E-state index in [4.69, 9.17) is 0 Å². The smallest absolute Gasteiger partial charge is 0.245 e. The van der Waals surface area contributed by atoms with Crippen LogP contribution in [0.25, 0.3) is 22.3 Å². The van der Waals surface area contributed by atoms with Crippen molar-refractivity contribution >= 4 is 38.0 Å². The highest BCUT2D eigenvalue weighted by Crippen LogP contribution is 2.36. The zero-order chi connectivity index (χ0) is 36.6. The minimum absolute atomic E-state index is 0. The topological polar surface area (TPSA) is 166 Å². The van der Waals surface area contributed by atoms with Crippen LogP contribution in [0.2, 0.25) is 0 Å². The molecule has 1 amide bonds. The maximum Gasteiger partial charge on any atom is 0.245 e. The van der Waals surface area contributed by atoms with Gasteiger partial charge in [-0.25, -0.2) is 16.8 Å². The van der Waals surface area contributed by atoms with Crippen LogP contribution in [0.1, 0.15) is 49.9 Å². The molecular formula is C41H46N4O7S2. The van der Waals surface area contributed by atoms with Crippen LogP contribution in [0.3, 0.4) is 0 Å². The van der Waals surface area contributed by atoms with Crippen molar-refractivity contribution < 1.29 is 31.8 Å². The number of aliphatic imine (C=N–C) groups is 2. The lowest BCUT2D eigenvalue weighted by Crippen LogP contribution is -2.31. The summed E-state index contributed by atoms with van der Waals surface area (Å²) in [5.74, 6) is 0.0921. The number of likely N-dealkylation sites (tertiary alicyclic amines) is 1. The second-order valence-electron chi connectivity index (χ2n) is 13.2. The molecule has 4 aromatic rings. The molecule has 0 aromatic heterocycles. The molecule has 3 N–H and O–H groups in total. The van der Waals surface area contributed by atoms with Gasteiger partial charge < -0.3 is 20.4 Å². The van der Waals surface area contributed by atoms with Crippen LogP contribution in [0, 0.1) is 0 Å². The molecule has 0 saturated carbocycles. The second-order valence-corrected chi connectivity index (χ2v) is 17.6. The van der Waals surface area contributed by atoms with Crippen LogP contribution in [0.15, 0.2) is 105 Å². The van der Waals surface area contributed by atoms with Gasteiger partial charge in [-0.15, -0.1) is 0 Å². The first-order valence-corrected chi connectivity index (χ1v) is 20.1. The molecule has 2 saturated heterocycles. The molecule has 8 rings (SSSR count). The number of aromatic hydroxyl groups is 2. The van der Waals surface area contributed by atoms with Gasteiger partial charge >= 0.3 is 0 Å². The Balaban J connectivity index is 0.000000202. The number of sulfone groups is 2. The number of amides is 1. The van der Waals surface area contributed by atoms with E-state index >= 15 is 0 Å². The summed E-state index contributed by atoms with van der Waals surface area (Å²) < 4.78 is 53.0. The van der Waals surface area contributed by atoms with Crippen LogP contribution in [0.4, 0.5) is 0 Å². The molecule has 4 aliphatic heterocycles. The molecule has 0 aliphatic carbocycles. The number of phenols is 2. The van der Waals surface area contributed by atoms with Gasteiger partial charge in [-0.05, 0) is 107 Å². The zero-order valence-electron chi connectivity index (χ0n) is 28.3. The highest BCUT2D eigenvalue weighted by atomic mass is 32.2. The van der Waals surface area contributed by atoms with Crippen molar-refractivity contribution in [1.82, 2.24) is 10.2 Å². The summed E-state index contributed by atoms with van der Waals surface area (Å²) >= 11 is 0. The first-order valence-electron chi connectivity index (χ1n) is 17.0. The van der Waals surface area contributed by atoms with E-state index in [9.17, 15) is 31.8 Å². The van der Waals surface area contributed by atoms with Crippen molar-refractivity contribution in [1.29, 1.82) is 0 Å². The Morgan fingerprint density at radius 2 is 1.20 bits per heavy atom. The Labute approximate surface area is 317 Å². The first-order chi connectivity index (χ1) is 24.9. The van der Waals surface area contributed by atoms with Crippen molar-refractivity contribution in [2.24, 2.45) is 9.98 Å². The molecule has 0 radical (unpaired) electrons. The molecule has 13 heteroatoms. The number of benzene rings is 4. The quantitative estimate of drug-likeness (QED) is 0.194. The third-order valence-electron chi connectivity index (χ3n) is 9.96. The average Bonchev–Trinajstić information content (AvgIpc) is 3.99. The molecule has 11 nitrogen and oxygen atoms in total. The zero-order valence-corrected chi connectivity index (χ0v) is 29.9. The average molecular weight is 771 g/mol. The number of carbonyl (C=O) groups is 1. The number of nitrogens with one attached hydrogen (secondary N) is 1.